The third-order valence-electron chi connectivity index (χ3n) is 6.02. The number of likely N-dealkylation sites (N-methyl/N-ethyl adjacent to an activating group) is 1. The van der Waals surface area contributed by atoms with Gasteiger partial charge in [0.15, 0.2) is 0 Å². The summed E-state index contributed by atoms with van der Waals surface area (Å²) in [5, 5.41) is 6.68. The molecule has 2 aliphatic heterocycles. The zero-order valence-electron chi connectivity index (χ0n) is 17.8. The highest BCUT2D eigenvalue weighted by Crippen LogP contribution is 2.23. The number of rotatable bonds is 6. The van der Waals surface area contributed by atoms with Gasteiger partial charge in [0.05, 0.1) is 5.56 Å². The molecule has 1 aromatic carbocycles. The highest BCUT2D eigenvalue weighted by atomic mass is 16.1. The number of nitrogens with one attached hydrogen (secondary N) is 2. The van der Waals surface area contributed by atoms with Gasteiger partial charge in [-0.05, 0) is 24.7 Å². The SMILES string of the molecule is CN1CCN(CCNC(=O)c2cccnc2N2CCN[C@@H](c3ccccc3)C2)CC1. The van der Waals surface area contributed by atoms with Crippen molar-refractivity contribution in [2.24, 2.45) is 0 Å². The van der Waals surface area contributed by atoms with Gasteiger partial charge in [0.25, 0.3) is 5.91 Å². The summed E-state index contributed by atoms with van der Waals surface area (Å²) in [4.78, 5) is 24.5. The van der Waals surface area contributed by atoms with Crippen molar-refractivity contribution in [2.45, 2.75) is 6.04 Å². The summed E-state index contributed by atoms with van der Waals surface area (Å²) in [6.45, 7) is 8.34. The van der Waals surface area contributed by atoms with E-state index >= 15 is 0 Å². The molecule has 7 heteroatoms. The molecule has 1 aromatic heterocycles. The predicted molar refractivity (Wildman–Crippen MR) is 120 cm³/mol. The number of carbonyl (C=O) groups excluding carboxylic acids is 1. The molecule has 0 saturated carbocycles. The number of benzene rings is 1. The lowest BCUT2D eigenvalue weighted by molar-refractivity contribution is 0.0941. The van der Waals surface area contributed by atoms with E-state index in [9.17, 15) is 4.79 Å². The first kappa shape index (κ1) is 20.8. The zero-order chi connectivity index (χ0) is 20.8. The Bertz CT molecular complexity index is 821. The van der Waals surface area contributed by atoms with E-state index in [-0.39, 0.29) is 11.9 Å². The van der Waals surface area contributed by atoms with Gasteiger partial charge in [0.1, 0.15) is 5.82 Å². The number of hydrogen-bond donors (Lipinski definition) is 2. The van der Waals surface area contributed by atoms with E-state index in [1.54, 1.807) is 6.20 Å². The number of pyridine rings is 1. The maximum Gasteiger partial charge on any atom is 0.255 e. The maximum absolute atomic E-state index is 12.9. The molecular weight excluding hydrogens is 376 g/mol. The quantitative estimate of drug-likeness (QED) is 0.749. The number of piperazine rings is 2. The molecule has 2 aliphatic rings. The second-order valence-electron chi connectivity index (χ2n) is 8.14. The van der Waals surface area contributed by atoms with Crippen LogP contribution in [0.4, 0.5) is 5.82 Å². The lowest BCUT2D eigenvalue weighted by Gasteiger charge is -2.35. The fourth-order valence-electron chi connectivity index (χ4n) is 4.17. The normalized spacial score (nSPS) is 20.8. The Kier molecular flexibility index (Phi) is 6.94. The first-order valence-electron chi connectivity index (χ1n) is 10.9. The van der Waals surface area contributed by atoms with Crippen LogP contribution in [-0.2, 0) is 0 Å². The summed E-state index contributed by atoms with van der Waals surface area (Å²) in [7, 11) is 2.15. The van der Waals surface area contributed by atoms with Gasteiger partial charge in [-0.2, -0.15) is 0 Å². The molecular formula is C23H32N6O. The number of nitrogens with zero attached hydrogens (tertiary/aromatic N) is 4. The standard InChI is InChI=1S/C23H32N6O/c1-27-14-16-28(17-15-27)12-10-26-23(30)20-8-5-9-25-22(20)29-13-11-24-21(18-29)19-6-3-2-4-7-19/h2-9,21,24H,10-18H2,1H3,(H,26,30)/t21-/m1/s1. The minimum absolute atomic E-state index is 0.0398. The van der Waals surface area contributed by atoms with E-state index in [1.807, 2.05) is 18.2 Å². The zero-order valence-corrected chi connectivity index (χ0v) is 17.8. The molecule has 2 fully saturated rings. The smallest absolute Gasteiger partial charge is 0.255 e. The Morgan fingerprint density at radius 1 is 1.10 bits per heavy atom. The van der Waals surface area contributed by atoms with Gasteiger partial charge in [0.2, 0.25) is 0 Å². The Hall–Kier alpha value is -2.48. The fraction of sp³-hybridized carbons (Fsp3) is 0.478. The van der Waals surface area contributed by atoms with Crippen LogP contribution in [0.5, 0.6) is 0 Å². The topological polar surface area (TPSA) is 63.7 Å². The average Bonchev–Trinajstić information content (AvgIpc) is 2.81. The summed E-state index contributed by atoms with van der Waals surface area (Å²) in [5.41, 5.74) is 1.92. The molecule has 2 saturated heterocycles. The molecule has 0 aliphatic carbocycles. The van der Waals surface area contributed by atoms with Crippen LogP contribution in [0.25, 0.3) is 0 Å². The lowest BCUT2D eigenvalue weighted by atomic mass is 10.0. The highest BCUT2D eigenvalue weighted by molar-refractivity contribution is 5.98. The van der Waals surface area contributed by atoms with E-state index < -0.39 is 0 Å². The van der Waals surface area contributed by atoms with Gasteiger partial charge in [-0.1, -0.05) is 30.3 Å². The van der Waals surface area contributed by atoms with Crippen molar-refractivity contribution in [2.75, 3.05) is 70.9 Å². The first-order valence-corrected chi connectivity index (χ1v) is 10.9. The molecule has 1 atom stereocenters. The van der Waals surface area contributed by atoms with Crippen molar-refractivity contribution in [3.8, 4) is 0 Å². The van der Waals surface area contributed by atoms with Crippen LogP contribution in [0.2, 0.25) is 0 Å². The van der Waals surface area contributed by atoms with E-state index in [1.165, 1.54) is 5.56 Å². The molecule has 0 radical (unpaired) electrons. The average molecular weight is 409 g/mol. The summed E-state index contributed by atoms with van der Waals surface area (Å²) >= 11 is 0. The second kappa shape index (κ2) is 10.0. The van der Waals surface area contributed by atoms with Crippen molar-refractivity contribution in [3.05, 3.63) is 59.8 Å². The molecule has 7 nitrogen and oxygen atoms in total. The molecule has 0 bridgehead atoms. The summed E-state index contributed by atoms with van der Waals surface area (Å²) < 4.78 is 0. The van der Waals surface area contributed by atoms with E-state index in [4.69, 9.17) is 0 Å². The molecule has 1 amide bonds. The fourth-order valence-corrected chi connectivity index (χ4v) is 4.17. The molecule has 0 spiro atoms. The van der Waals surface area contributed by atoms with Crippen molar-refractivity contribution in [1.82, 2.24) is 25.4 Å². The second-order valence-corrected chi connectivity index (χ2v) is 8.14. The monoisotopic (exact) mass is 408 g/mol. The van der Waals surface area contributed by atoms with E-state index in [2.05, 4.69) is 61.6 Å². The Balaban J connectivity index is 1.37. The third kappa shape index (κ3) is 5.16. The Labute approximate surface area is 179 Å². The van der Waals surface area contributed by atoms with Crippen molar-refractivity contribution >= 4 is 11.7 Å². The number of amides is 1. The van der Waals surface area contributed by atoms with Gasteiger partial charge in [-0.15, -0.1) is 0 Å². The molecule has 30 heavy (non-hydrogen) atoms. The van der Waals surface area contributed by atoms with Gasteiger partial charge >= 0.3 is 0 Å². The highest BCUT2D eigenvalue weighted by Gasteiger charge is 2.25. The number of anilines is 1. The third-order valence-corrected chi connectivity index (χ3v) is 6.02. The summed E-state index contributed by atoms with van der Waals surface area (Å²) in [6.07, 6.45) is 1.77. The molecule has 4 rings (SSSR count). The minimum Gasteiger partial charge on any atom is -0.353 e. The summed E-state index contributed by atoms with van der Waals surface area (Å²) in [5.74, 6) is 0.735. The van der Waals surface area contributed by atoms with Crippen LogP contribution < -0.4 is 15.5 Å². The lowest BCUT2D eigenvalue weighted by Crippen LogP contribution is -2.47. The number of hydrogen-bond acceptors (Lipinski definition) is 6. The molecule has 2 N–H and O–H groups in total. The molecule has 2 aromatic rings. The van der Waals surface area contributed by atoms with Crippen LogP contribution in [0, 0.1) is 0 Å². The van der Waals surface area contributed by atoms with Crippen molar-refractivity contribution < 1.29 is 4.79 Å². The summed E-state index contributed by atoms with van der Waals surface area (Å²) in [6, 6.07) is 14.4. The van der Waals surface area contributed by atoms with Crippen LogP contribution in [0.15, 0.2) is 48.7 Å². The maximum atomic E-state index is 12.9. The van der Waals surface area contributed by atoms with Crippen LogP contribution in [-0.4, -0.2) is 86.6 Å². The minimum atomic E-state index is -0.0398. The van der Waals surface area contributed by atoms with Crippen molar-refractivity contribution in [1.29, 1.82) is 0 Å². The van der Waals surface area contributed by atoms with Crippen LogP contribution in [0.3, 0.4) is 0 Å². The first-order chi connectivity index (χ1) is 14.7. The Morgan fingerprint density at radius 2 is 1.90 bits per heavy atom. The van der Waals surface area contributed by atoms with E-state index in [0.717, 1.165) is 58.2 Å². The predicted octanol–water partition coefficient (Wildman–Crippen LogP) is 1.21. The van der Waals surface area contributed by atoms with Gasteiger partial charge < -0.3 is 20.4 Å². The van der Waals surface area contributed by atoms with Gasteiger partial charge in [-0.25, -0.2) is 4.98 Å². The molecule has 160 valence electrons. The van der Waals surface area contributed by atoms with Gasteiger partial charge in [-0.3, -0.25) is 9.69 Å². The largest absolute Gasteiger partial charge is 0.353 e. The van der Waals surface area contributed by atoms with Crippen molar-refractivity contribution in [3.63, 3.8) is 0 Å². The van der Waals surface area contributed by atoms with Crippen LogP contribution in [0.1, 0.15) is 22.0 Å². The number of aromatic nitrogens is 1. The Morgan fingerprint density at radius 3 is 2.70 bits per heavy atom. The van der Waals surface area contributed by atoms with Crippen LogP contribution >= 0.6 is 0 Å². The van der Waals surface area contributed by atoms with Gasteiger partial charge in [0, 0.05) is 71.1 Å². The molecule has 3 heterocycles. The molecule has 0 unspecified atom stereocenters. The van der Waals surface area contributed by atoms with E-state index in [0.29, 0.717) is 12.1 Å². The number of carbonyl (C=O) groups is 1.